The van der Waals surface area contributed by atoms with Gasteiger partial charge in [0.25, 0.3) is 0 Å². The lowest BCUT2D eigenvalue weighted by atomic mass is 10.1. The van der Waals surface area contributed by atoms with E-state index in [2.05, 4.69) is 56.1 Å². The lowest BCUT2D eigenvalue weighted by molar-refractivity contribution is 0.242. The summed E-state index contributed by atoms with van der Waals surface area (Å²) in [7, 11) is 0. The molecule has 3 rings (SSSR count). The molecule has 0 radical (unpaired) electrons. The number of hydrogen-bond donors (Lipinski definition) is 3. The van der Waals surface area contributed by atoms with Crippen LogP contribution in [0.2, 0.25) is 0 Å². The van der Waals surface area contributed by atoms with Gasteiger partial charge in [-0.15, -0.1) is 0 Å². The highest BCUT2D eigenvalue weighted by molar-refractivity contribution is 7.80. The zero-order valence-electron chi connectivity index (χ0n) is 12.7. The van der Waals surface area contributed by atoms with Gasteiger partial charge in [-0.1, -0.05) is 30.3 Å². The Kier molecular flexibility index (Phi) is 4.70. The number of anilines is 1. The van der Waals surface area contributed by atoms with Gasteiger partial charge in [0.15, 0.2) is 10.9 Å². The molecular formula is C16H21N5S. The topological polar surface area (TPSA) is 56.0 Å². The maximum Gasteiger partial charge on any atom is 0.171 e. The molecule has 0 spiro atoms. The lowest BCUT2D eigenvalue weighted by Crippen LogP contribution is -2.31. The van der Waals surface area contributed by atoms with Crippen molar-refractivity contribution in [3.63, 3.8) is 0 Å². The number of fused-ring (bicyclic) bond motifs is 1. The Morgan fingerprint density at radius 3 is 2.95 bits per heavy atom. The van der Waals surface area contributed by atoms with Crippen molar-refractivity contribution in [2.24, 2.45) is 0 Å². The van der Waals surface area contributed by atoms with Crippen molar-refractivity contribution in [3.05, 3.63) is 47.2 Å². The molecule has 3 N–H and O–H groups in total. The van der Waals surface area contributed by atoms with Crippen molar-refractivity contribution in [1.82, 2.24) is 20.4 Å². The average Bonchev–Trinajstić information content (AvgIpc) is 2.91. The summed E-state index contributed by atoms with van der Waals surface area (Å²) in [6.07, 6.45) is 0.982. The van der Waals surface area contributed by atoms with E-state index in [1.54, 1.807) is 0 Å². The molecular weight excluding hydrogens is 294 g/mol. The highest BCUT2D eigenvalue weighted by Crippen LogP contribution is 2.24. The van der Waals surface area contributed by atoms with E-state index in [1.807, 2.05) is 6.92 Å². The Labute approximate surface area is 136 Å². The van der Waals surface area contributed by atoms with Crippen LogP contribution >= 0.6 is 12.2 Å². The van der Waals surface area contributed by atoms with Crippen LogP contribution in [0.15, 0.2) is 30.3 Å². The average molecular weight is 315 g/mol. The third kappa shape index (κ3) is 3.45. The second-order valence-electron chi connectivity index (χ2n) is 5.46. The van der Waals surface area contributed by atoms with Crippen LogP contribution in [0.25, 0.3) is 0 Å². The van der Waals surface area contributed by atoms with Gasteiger partial charge in [0.05, 0.1) is 5.69 Å². The number of aromatic amines is 1. The SMILES string of the molecule is CCNC(=S)Nc1n[nH]c2c1CCN(Cc1ccccc1)C2. The molecule has 0 amide bonds. The Morgan fingerprint density at radius 2 is 2.18 bits per heavy atom. The summed E-state index contributed by atoms with van der Waals surface area (Å²) in [6.45, 7) is 5.73. The molecule has 0 aliphatic carbocycles. The number of nitrogens with one attached hydrogen (secondary N) is 3. The van der Waals surface area contributed by atoms with Crippen molar-refractivity contribution in [3.8, 4) is 0 Å². The van der Waals surface area contributed by atoms with Gasteiger partial charge in [0.2, 0.25) is 0 Å². The second kappa shape index (κ2) is 6.89. The van der Waals surface area contributed by atoms with Gasteiger partial charge in [-0.25, -0.2) is 0 Å². The molecule has 2 heterocycles. The fraction of sp³-hybridized carbons (Fsp3) is 0.375. The van der Waals surface area contributed by atoms with E-state index < -0.39 is 0 Å². The second-order valence-corrected chi connectivity index (χ2v) is 5.87. The summed E-state index contributed by atoms with van der Waals surface area (Å²) in [4.78, 5) is 2.43. The summed E-state index contributed by atoms with van der Waals surface area (Å²) in [5.74, 6) is 0.861. The Bertz CT molecular complexity index is 637. The Balaban J connectivity index is 1.65. The predicted octanol–water partition coefficient (Wildman–Crippen LogP) is 2.27. The minimum absolute atomic E-state index is 0.628. The van der Waals surface area contributed by atoms with Crippen molar-refractivity contribution in [2.75, 3.05) is 18.4 Å². The number of hydrogen-bond acceptors (Lipinski definition) is 3. The maximum atomic E-state index is 5.23. The molecule has 0 unspecified atom stereocenters. The molecule has 1 aliphatic rings. The molecule has 6 heteroatoms. The molecule has 1 aromatic carbocycles. The van der Waals surface area contributed by atoms with Crippen LogP contribution in [0.3, 0.4) is 0 Å². The number of thiocarbonyl (C=S) groups is 1. The first kappa shape index (κ1) is 15.0. The first-order chi connectivity index (χ1) is 10.8. The van der Waals surface area contributed by atoms with E-state index >= 15 is 0 Å². The highest BCUT2D eigenvalue weighted by atomic mass is 32.1. The first-order valence-corrected chi connectivity index (χ1v) is 8.04. The molecule has 0 bridgehead atoms. The zero-order chi connectivity index (χ0) is 15.4. The van der Waals surface area contributed by atoms with Gasteiger partial charge in [-0.05, 0) is 31.1 Å². The first-order valence-electron chi connectivity index (χ1n) is 7.63. The Morgan fingerprint density at radius 1 is 1.36 bits per heavy atom. The molecule has 116 valence electrons. The molecule has 1 aliphatic heterocycles. The van der Waals surface area contributed by atoms with E-state index in [0.29, 0.717) is 5.11 Å². The smallest absolute Gasteiger partial charge is 0.171 e. The van der Waals surface area contributed by atoms with Crippen LogP contribution in [0, 0.1) is 0 Å². The highest BCUT2D eigenvalue weighted by Gasteiger charge is 2.22. The van der Waals surface area contributed by atoms with E-state index in [9.17, 15) is 0 Å². The number of aromatic nitrogens is 2. The molecule has 0 saturated heterocycles. The standard InChI is InChI=1S/C16H21N5S/c1-2-17-16(22)18-15-13-8-9-21(11-14(13)19-20-15)10-12-6-4-3-5-7-12/h3-7H,2,8-11H2,1H3,(H3,17,18,19,20,22). The summed E-state index contributed by atoms with van der Waals surface area (Å²) >= 11 is 5.23. The molecule has 0 saturated carbocycles. The fourth-order valence-corrected chi connectivity index (χ4v) is 3.01. The van der Waals surface area contributed by atoms with Gasteiger partial charge >= 0.3 is 0 Å². The quantitative estimate of drug-likeness (QED) is 0.756. The van der Waals surface area contributed by atoms with Crippen LogP contribution in [0.1, 0.15) is 23.7 Å². The van der Waals surface area contributed by atoms with Gasteiger partial charge in [0.1, 0.15) is 0 Å². The molecule has 5 nitrogen and oxygen atoms in total. The molecule has 22 heavy (non-hydrogen) atoms. The minimum Gasteiger partial charge on any atom is -0.363 e. The normalized spacial score (nSPS) is 14.4. The molecule has 0 atom stereocenters. The van der Waals surface area contributed by atoms with Crippen molar-refractivity contribution in [2.45, 2.75) is 26.4 Å². The van der Waals surface area contributed by atoms with Gasteiger partial charge < -0.3 is 10.6 Å². The summed E-state index contributed by atoms with van der Waals surface area (Å²) in [6, 6.07) is 10.6. The fourth-order valence-electron chi connectivity index (χ4n) is 2.77. The van der Waals surface area contributed by atoms with Crippen molar-refractivity contribution < 1.29 is 0 Å². The van der Waals surface area contributed by atoms with E-state index in [1.165, 1.54) is 16.8 Å². The summed E-state index contributed by atoms with van der Waals surface area (Å²) in [5, 5.41) is 14.4. The van der Waals surface area contributed by atoms with E-state index in [-0.39, 0.29) is 0 Å². The largest absolute Gasteiger partial charge is 0.363 e. The van der Waals surface area contributed by atoms with Gasteiger partial charge in [0, 0.05) is 31.7 Å². The maximum absolute atomic E-state index is 5.23. The molecule has 2 aromatic rings. The van der Waals surface area contributed by atoms with Crippen LogP contribution in [0.5, 0.6) is 0 Å². The number of benzene rings is 1. The molecule has 1 aromatic heterocycles. The Hall–Kier alpha value is -1.92. The van der Waals surface area contributed by atoms with Gasteiger partial charge in [-0.3, -0.25) is 10.00 Å². The summed E-state index contributed by atoms with van der Waals surface area (Å²) < 4.78 is 0. The number of rotatable bonds is 4. The minimum atomic E-state index is 0.628. The van der Waals surface area contributed by atoms with E-state index in [4.69, 9.17) is 12.2 Å². The van der Waals surface area contributed by atoms with Crippen molar-refractivity contribution in [1.29, 1.82) is 0 Å². The van der Waals surface area contributed by atoms with Crippen LogP contribution < -0.4 is 10.6 Å². The third-order valence-electron chi connectivity index (χ3n) is 3.83. The molecule has 0 fully saturated rings. The zero-order valence-corrected chi connectivity index (χ0v) is 13.5. The van der Waals surface area contributed by atoms with Crippen molar-refractivity contribution >= 4 is 23.1 Å². The predicted molar refractivity (Wildman–Crippen MR) is 92.7 cm³/mol. The summed E-state index contributed by atoms with van der Waals surface area (Å²) in [5.41, 5.74) is 3.78. The van der Waals surface area contributed by atoms with Crippen LogP contribution in [-0.2, 0) is 19.5 Å². The van der Waals surface area contributed by atoms with Gasteiger partial charge in [-0.2, -0.15) is 5.10 Å². The number of H-pyrrole nitrogens is 1. The van der Waals surface area contributed by atoms with E-state index in [0.717, 1.165) is 38.4 Å². The van der Waals surface area contributed by atoms with Crippen LogP contribution in [-0.4, -0.2) is 33.3 Å². The third-order valence-corrected chi connectivity index (χ3v) is 4.08. The number of nitrogens with zero attached hydrogens (tertiary/aromatic N) is 2. The lowest BCUT2D eigenvalue weighted by Gasteiger charge is -2.26. The monoisotopic (exact) mass is 315 g/mol. The van der Waals surface area contributed by atoms with Crippen LogP contribution in [0.4, 0.5) is 5.82 Å².